The summed E-state index contributed by atoms with van der Waals surface area (Å²) in [5, 5.41) is 2.91. The van der Waals surface area contributed by atoms with E-state index in [0.717, 1.165) is 29.8 Å². The molecule has 2 aromatic carbocycles. The predicted octanol–water partition coefficient (Wildman–Crippen LogP) is 4.15. The van der Waals surface area contributed by atoms with Gasteiger partial charge in [0.05, 0.1) is 6.10 Å². The van der Waals surface area contributed by atoms with Crippen LogP contribution in [-0.2, 0) is 0 Å². The summed E-state index contributed by atoms with van der Waals surface area (Å²) in [7, 11) is 0. The zero-order valence-electron chi connectivity index (χ0n) is 13.3. The number of aryl methyl sites for hydroxylation is 1. The lowest BCUT2D eigenvalue weighted by molar-refractivity contribution is 0.102. The van der Waals surface area contributed by atoms with Crippen molar-refractivity contribution >= 4 is 17.3 Å². The van der Waals surface area contributed by atoms with Gasteiger partial charge < -0.3 is 15.8 Å². The number of carbonyl (C=O) groups excluding carboxylic acids is 1. The maximum Gasteiger partial charge on any atom is 0.255 e. The molecule has 0 atom stereocenters. The zero-order chi connectivity index (χ0) is 16.2. The topological polar surface area (TPSA) is 64.3 Å². The first-order chi connectivity index (χ1) is 11.1. The molecule has 4 nitrogen and oxygen atoms in total. The first-order valence-corrected chi connectivity index (χ1v) is 8.06. The number of hydrogen-bond donors (Lipinski definition) is 2. The Morgan fingerprint density at radius 3 is 2.74 bits per heavy atom. The number of amides is 1. The van der Waals surface area contributed by atoms with Crippen molar-refractivity contribution in [3.8, 4) is 5.75 Å². The molecule has 0 spiro atoms. The SMILES string of the molecule is Cc1ccc(N)cc1NC(=O)c1cccc(OC2CCCC2)c1. The number of nitrogens with one attached hydrogen (secondary N) is 1. The van der Waals surface area contributed by atoms with Gasteiger partial charge in [-0.25, -0.2) is 0 Å². The van der Waals surface area contributed by atoms with Crippen molar-refractivity contribution in [2.45, 2.75) is 38.7 Å². The fraction of sp³-hybridized carbons (Fsp3) is 0.316. The monoisotopic (exact) mass is 310 g/mol. The Morgan fingerprint density at radius 1 is 1.17 bits per heavy atom. The second-order valence-electron chi connectivity index (χ2n) is 6.08. The third-order valence-electron chi connectivity index (χ3n) is 4.21. The molecule has 0 aromatic heterocycles. The smallest absolute Gasteiger partial charge is 0.255 e. The van der Waals surface area contributed by atoms with Crippen LogP contribution in [0.15, 0.2) is 42.5 Å². The molecule has 0 bridgehead atoms. The van der Waals surface area contributed by atoms with Gasteiger partial charge in [-0.1, -0.05) is 12.1 Å². The van der Waals surface area contributed by atoms with Gasteiger partial charge in [0.2, 0.25) is 0 Å². The van der Waals surface area contributed by atoms with Crippen LogP contribution in [-0.4, -0.2) is 12.0 Å². The molecule has 1 fully saturated rings. The quantitative estimate of drug-likeness (QED) is 0.834. The lowest BCUT2D eigenvalue weighted by Crippen LogP contribution is -2.14. The molecule has 0 radical (unpaired) electrons. The van der Waals surface area contributed by atoms with Crippen LogP contribution < -0.4 is 15.8 Å². The molecule has 0 heterocycles. The van der Waals surface area contributed by atoms with Crippen molar-refractivity contribution in [1.82, 2.24) is 0 Å². The Morgan fingerprint density at radius 2 is 1.96 bits per heavy atom. The maximum atomic E-state index is 12.5. The minimum atomic E-state index is -0.157. The Kier molecular flexibility index (Phi) is 4.51. The molecular formula is C19H22N2O2. The highest BCUT2D eigenvalue weighted by Crippen LogP contribution is 2.25. The van der Waals surface area contributed by atoms with Gasteiger partial charge in [0.15, 0.2) is 0 Å². The summed E-state index contributed by atoms with van der Waals surface area (Å²) in [5.74, 6) is 0.601. The maximum absolute atomic E-state index is 12.5. The molecule has 0 aliphatic heterocycles. The van der Waals surface area contributed by atoms with Crippen molar-refractivity contribution < 1.29 is 9.53 Å². The largest absolute Gasteiger partial charge is 0.490 e. The van der Waals surface area contributed by atoms with E-state index in [1.165, 1.54) is 12.8 Å². The van der Waals surface area contributed by atoms with Crippen molar-refractivity contribution in [3.05, 3.63) is 53.6 Å². The van der Waals surface area contributed by atoms with Crippen LogP contribution in [0.1, 0.15) is 41.6 Å². The van der Waals surface area contributed by atoms with Crippen LogP contribution in [0.2, 0.25) is 0 Å². The molecule has 23 heavy (non-hydrogen) atoms. The molecule has 1 amide bonds. The normalized spacial score (nSPS) is 14.7. The van der Waals surface area contributed by atoms with Gasteiger partial charge in [-0.2, -0.15) is 0 Å². The van der Waals surface area contributed by atoms with Gasteiger partial charge in [-0.05, 0) is 68.5 Å². The number of hydrogen-bond acceptors (Lipinski definition) is 3. The third kappa shape index (κ3) is 3.83. The number of ether oxygens (including phenoxy) is 1. The van der Waals surface area contributed by atoms with Crippen LogP contribution >= 0.6 is 0 Å². The minimum Gasteiger partial charge on any atom is -0.490 e. The third-order valence-corrected chi connectivity index (χ3v) is 4.21. The standard InChI is InChI=1S/C19H22N2O2/c1-13-9-10-15(20)12-18(13)21-19(22)14-5-4-8-17(11-14)23-16-6-2-3-7-16/h4-5,8-12,16H,2-3,6-7,20H2,1H3,(H,21,22). The van der Waals surface area contributed by atoms with Crippen molar-refractivity contribution in [2.75, 3.05) is 11.1 Å². The summed E-state index contributed by atoms with van der Waals surface area (Å²) < 4.78 is 5.96. The second-order valence-corrected chi connectivity index (χ2v) is 6.08. The lowest BCUT2D eigenvalue weighted by Gasteiger charge is -2.14. The summed E-state index contributed by atoms with van der Waals surface area (Å²) >= 11 is 0. The van der Waals surface area contributed by atoms with E-state index in [1.807, 2.05) is 31.2 Å². The van der Waals surface area contributed by atoms with Crippen LogP contribution in [0.4, 0.5) is 11.4 Å². The van der Waals surface area contributed by atoms with E-state index in [2.05, 4.69) is 5.32 Å². The van der Waals surface area contributed by atoms with E-state index in [1.54, 1.807) is 18.2 Å². The van der Waals surface area contributed by atoms with Crippen LogP contribution in [0, 0.1) is 6.92 Å². The van der Waals surface area contributed by atoms with Crippen LogP contribution in [0.5, 0.6) is 5.75 Å². The van der Waals surface area contributed by atoms with Crippen molar-refractivity contribution in [2.24, 2.45) is 0 Å². The summed E-state index contributed by atoms with van der Waals surface area (Å²) in [6, 6.07) is 12.8. The minimum absolute atomic E-state index is 0.157. The molecule has 3 rings (SSSR count). The number of benzene rings is 2. The molecule has 2 aromatic rings. The van der Waals surface area contributed by atoms with E-state index < -0.39 is 0 Å². The highest BCUT2D eigenvalue weighted by atomic mass is 16.5. The van der Waals surface area contributed by atoms with Crippen LogP contribution in [0.3, 0.4) is 0 Å². The molecule has 3 N–H and O–H groups in total. The summed E-state index contributed by atoms with van der Waals surface area (Å²) in [6.45, 7) is 1.94. The van der Waals surface area contributed by atoms with E-state index >= 15 is 0 Å². The highest BCUT2D eigenvalue weighted by Gasteiger charge is 2.17. The highest BCUT2D eigenvalue weighted by molar-refractivity contribution is 6.05. The molecule has 0 unspecified atom stereocenters. The molecule has 0 saturated heterocycles. The first-order valence-electron chi connectivity index (χ1n) is 8.06. The fourth-order valence-corrected chi connectivity index (χ4v) is 2.88. The first kappa shape index (κ1) is 15.4. The molecule has 1 aliphatic carbocycles. The Labute approximate surface area is 136 Å². The van der Waals surface area contributed by atoms with Crippen molar-refractivity contribution in [3.63, 3.8) is 0 Å². The van der Waals surface area contributed by atoms with Gasteiger partial charge in [-0.3, -0.25) is 4.79 Å². The van der Waals surface area contributed by atoms with Gasteiger partial charge >= 0.3 is 0 Å². The lowest BCUT2D eigenvalue weighted by atomic mass is 10.1. The van der Waals surface area contributed by atoms with E-state index in [-0.39, 0.29) is 12.0 Å². The average molecular weight is 310 g/mol. The Bertz CT molecular complexity index is 706. The number of anilines is 2. The second kappa shape index (κ2) is 6.73. The Balaban J connectivity index is 1.72. The molecular weight excluding hydrogens is 288 g/mol. The van der Waals surface area contributed by atoms with Gasteiger partial charge in [-0.15, -0.1) is 0 Å². The molecule has 1 saturated carbocycles. The number of nitrogens with two attached hydrogens (primary N) is 1. The Hall–Kier alpha value is -2.49. The average Bonchev–Trinajstić information content (AvgIpc) is 3.04. The summed E-state index contributed by atoms with van der Waals surface area (Å²) in [4.78, 5) is 12.5. The zero-order valence-corrected chi connectivity index (χ0v) is 13.3. The van der Waals surface area contributed by atoms with Gasteiger partial charge in [0.1, 0.15) is 5.75 Å². The molecule has 1 aliphatic rings. The van der Waals surface area contributed by atoms with E-state index in [9.17, 15) is 4.79 Å². The predicted molar refractivity (Wildman–Crippen MR) is 92.9 cm³/mol. The van der Waals surface area contributed by atoms with E-state index in [4.69, 9.17) is 10.5 Å². The van der Waals surface area contributed by atoms with Gasteiger partial charge in [0.25, 0.3) is 5.91 Å². The fourth-order valence-electron chi connectivity index (χ4n) is 2.88. The number of nitrogen functional groups attached to an aromatic ring is 1. The van der Waals surface area contributed by atoms with Gasteiger partial charge in [0, 0.05) is 16.9 Å². The number of rotatable bonds is 4. The molecule has 120 valence electrons. The molecule has 4 heteroatoms. The van der Waals surface area contributed by atoms with Crippen molar-refractivity contribution in [1.29, 1.82) is 0 Å². The summed E-state index contributed by atoms with van der Waals surface area (Å²) in [5.41, 5.74) is 8.71. The van der Waals surface area contributed by atoms with E-state index in [0.29, 0.717) is 11.3 Å². The number of carbonyl (C=O) groups is 1. The van der Waals surface area contributed by atoms with Crippen LogP contribution in [0.25, 0.3) is 0 Å². The summed E-state index contributed by atoms with van der Waals surface area (Å²) in [6.07, 6.45) is 4.92.